The number of thiocarbonyl (C=S) groups is 1. The lowest BCUT2D eigenvalue weighted by molar-refractivity contribution is -0.137. The van der Waals surface area contributed by atoms with Gasteiger partial charge in [-0.1, -0.05) is 6.07 Å². The third-order valence-corrected chi connectivity index (χ3v) is 3.75. The Labute approximate surface area is 165 Å². The Morgan fingerprint density at radius 2 is 1.64 bits per heavy atom. The molecule has 0 aromatic heterocycles. The van der Waals surface area contributed by atoms with Gasteiger partial charge < -0.3 is 19.5 Å². The highest BCUT2D eigenvalue weighted by atomic mass is 32.1. The predicted molar refractivity (Wildman–Crippen MR) is 104 cm³/mol. The maximum atomic E-state index is 12.8. The number of halogens is 3. The third-order valence-electron chi connectivity index (χ3n) is 3.55. The van der Waals surface area contributed by atoms with Gasteiger partial charge in [0.25, 0.3) is 0 Å². The van der Waals surface area contributed by atoms with Gasteiger partial charge in [-0.2, -0.15) is 18.3 Å². The van der Waals surface area contributed by atoms with E-state index in [1.54, 1.807) is 12.1 Å². The summed E-state index contributed by atoms with van der Waals surface area (Å²) in [7, 11) is 4.49. The monoisotopic (exact) mass is 413 g/mol. The molecule has 0 amide bonds. The number of nitrogens with zero attached hydrogens (tertiary/aromatic N) is 1. The number of alkyl halides is 3. The van der Waals surface area contributed by atoms with Gasteiger partial charge in [-0.25, -0.2) is 0 Å². The number of hydrogen-bond acceptors (Lipinski definition) is 5. The van der Waals surface area contributed by atoms with Crippen LogP contribution in [0.15, 0.2) is 41.5 Å². The van der Waals surface area contributed by atoms with Crippen LogP contribution in [0.4, 0.5) is 18.9 Å². The summed E-state index contributed by atoms with van der Waals surface area (Å²) in [5, 5.41) is 6.63. The fourth-order valence-corrected chi connectivity index (χ4v) is 2.42. The molecular formula is C18H18F3N3O3S. The Bertz CT molecular complexity index is 873. The number of hydrazone groups is 1. The van der Waals surface area contributed by atoms with Crippen LogP contribution in [0.2, 0.25) is 0 Å². The Morgan fingerprint density at radius 3 is 2.25 bits per heavy atom. The Morgan fingerprint density at radius 1 is 1.00 bits per heavy atom. The van der Waals surface area contributed by atoms with E-state index >= 15 is 0 Å². The minimum absolute atomic E-state index is 0.0232. The fraction of sp³-hybridized carbons (Fsp3) is 0.222. The van der Waals surface area contributed by atoms with Crippen LogP contribution in [0.3, 0.4) is 0 Å². The summed E-state index contributed by atoms with van der Waals surface area (Å²) in [4.78, 5) is 0. The van der Waals surface area contributed by atoms with E-state index in [0.29, 0.717) is 22.8 Å². The summed E-state index contributed by atoms with van der Waals surface area (Å²) in [6.45, 7) is 0. The summed E-state index contributed by atoms with van der Waals surface area (Å²) in [6, 6.07) is 7.97. The summed E-state index contributed by atoms with van der Waals surface area (Å²) < 4.78 is 54.0. The van der Waals surface area contributed by atoms with Gasteiger partial charge in [0.15, 0.2) is 16.6 Å². The second-order valence-electron chi connectivity index (χ2n) is 5.35. The lowest BCUT2D eigenvalue weighted by atomic mass is 10.2. The molecule has 10 heteroatoms. The first kappa shape index (κ1) is 21.3. The van der Waals surface area contributed by atoms with Crippen LogP contribution < -0.4 is 25.0 Å². The molecule has 6 nitrogen and oxygen atoms in total. The minimum Gasteiger partial charge on any atom is -0.496 e. The van der Waals surface area contributed by atoms with Crippen LogP contribution in [0.25, 0.3) is 0 Å². The molecule has 0 radical (unpaired) electrons. The maximum Gasteiger partial charge on any atom is 0.416 e. The van der Waals surface area contributed by atoms with Crippen molar-refractivity contribution in [2.75, 3.05) is 26.6 Å². The van der Waals surface area contributed by atoms with Crippen molar-refractivity contribution in [3.05, 3.63) is 47.5 Å². The van der Waals surface area contributed by atoms with Crippen LogP contribution in [0.5, 0.6) is 17.2 Å². The van der Waals surface area contributed by atoms with Crippen LogP contribution in [-0.2, 0) is 6.18 Å². The van der Waals surface area contributed by atoms with Gasteiger partial charge in [-0.3, -0.25) is 5.43 Å². The van der Waals surface area contributed by atoms with Crippen molar-refractivity contribution >= 4 is 29.2 Å². The second kappa shape index (κ2) is 9.27. The van der Waals surface area contributed by atoms with E-state index in [1.165, 1.54) is 39.7 Å². The lowest BCUT2D eigenvalue weighted by Gasteiger charge is -2.12. The van der Waals surface area contributed by atoms with Crippen molar-refractivity contribution in [1.82, 2.24) is 5.43 Å². The number of rotatable bonds is 6. The first-order chi connectivity index (χ1) is 13.3. The molecule has 0 saturated heterocycles. The van der Waals surface area contributed by atoms with E-state index in [9.17, 15) is 13.2 Å². The van der Waals surface area contributed by atoms with Gasteiger partial charge in [-0.15, -0.1) is 0 Å². The van der Waals surface area contributed by atoms with E-state index in [-0.39, 0.29) is 10.8 Å². The largest absolute Gasteiger partial charge is 0.496 e. The van der Waals surface area contributed by atoms with Gasteiger partial charge in [0, 0.05) is 17.3 Å². The lowest BCUT2D eigenvalue weighted by Crippen LogP contribution is -2.24. The smallest absolute Gasteiger partial charge is 0.416 e. The zero-order chi connectivity index (χ0) is 20.7. The normalized spacial score (nSPS) is 11.2. The molecule has 0 aliphatic carbocycles. The van der Waals surface area contributed by atoms with Crippen LogP contribution >= 0.6 is 12.2 Å². The van der Waals surface area contributed by atoms with Gasteiger partial charge >= 0.3 is 6.18 Å². The SMILES string of the molecule is COc1cc(OC)c(OC)cc1/C=N\NC(=S)Nc1cccc(C(F)(F)F)c1. The van der Waals surface area contributed by atoms with Gasteiger partial charge in [-0.05, 0) is 36.5 Å². The number of anilines is 1. The van der Waals surface area contributed by atoms with Crippen LogP contribution in [-0.4, -0.2) is 32.7 Å². The number of nitrogens with one attached hydrogen (secondary N) is 2. The molecule has 0 aliphatic heterocycles. The molecule has 0 spiro atoms. The molecule has 0 bridgehead atoms. The minimum atomic E-state index is -4.44. The van der Waals surface area contributed by atoms with E-state index in [4.69, 9.17) is 26.4 Å². The average molecular weight is 413 g/mol. The second-order valence-corrected chi connectivity index (χ2v) is 5.76. The zero-order valence-electron chi connectivity index (χ0n) is 15.3. The van der Waals surface area contributed by atoms with E-state index in [0.717, 1.165) is 12.1 Å². The highest BCUT2D eigenvalue weighted by molar-refractivity contribution is 7.80. The summed E-state index contributed by atoms with van der Waals surface area (Å²) in [5.41, 5.74) is 2.52. The standard InChI is InChI=1S/C18H18F3N3O3S/c1-25-14-9-16(27-3)15(26-2)7-11(14)10-22-24-17(28)23-13-6-4-5-12(8-13)18(19,20)21/h4-10H,1-3H3,(H2,23,24,28)/b22-10-. The van der Waals surface area contributed by atoms with Crippen molar-refractivity contribution in [2.45, 2.75) is 6.18 Å². The summed E-state index contributed by atoms with van der Waals surface area (Å²) >= 11 is 5.04. The Balaban J connectivity index is 2.08. The van der Waals surface area contributed by atoms with Crippen molar-refractivity contribution < 1.29 is 27.4 Å². The molecule has 28 heavy (non-hydrogen) atoms. The molecule has 2 aromatic carbocycles. The first-order valence-corrected chi connectivity index (χ1v) is 8.26. The summed E-state index contributed by atoms with van der Waals surface area (Å²) in [5.74, 6) is 1.46. The highest BCUT2D eigenvalue weighted by Gasteiger charge is 2.30. The summed E-state index contributed by atoms with van der Waals surface area (Å²) in [6.07, 6.45) is -3.00. The topological polar surface area (TPSA) is 64.1 Å². The number of benzene rings is 2. The zero-order valence-corrected chi connectivity index (χ0v) is 16.1. The van der Waals surface area contributed by atoms with Crippen molar-refractivity contribution in [3.63, 3.8) is 0 Å². The molecule has 0 unspecified atom stereocenters. The van der Waals surface area contributed by atoms with Crippen LogP contribution in [0, 0.1) is 0 Å². The molecule has 0 heterocycles. The molecule has 2 rings (SSSR count). The van der Waals surface area contributed by atoms with Crippen molar-refractivity contribution in [2.24, 2.45) is 5.10 Å². The van der Waals surface area contributed by atoms with Gasteiger partial charge in [0.2, 0.25) is 0 Å². The number of methoxy groups -OCH3 is 3. The van der Waals surface area contributed by atoms with Gasteiger partial charge in [0.05, 0.1) is 33.1 Å². The van der Waals surface area contributed by atoms with E-state index in [1.807, 2.05) is 0 Å². The Hall–Kier alpha value is -3.01. The quantitative estimate of drug-likeness (QED) is 0.423. The van der Waals surface area contributed by atoms with E-state index < -0.39 is 11.7 Å². The molecule has 0 aliphatic rings. The molecule has 2 aromatic rings. The predicted octanol–water partition coefficient (Wildman–Crippen LogP) is 4.05. The maximum absolute atomic E-state index is 12.8. The molecule has 2 N–H and O–H groups in total. The molecule has 0 atom stereocenters. The number of ether oxygens (including phenoxy) is 3. The molecule has 0 fully saturated rings. The van der Waals surface area contributed by atoms with Gasteiger partial charge in [0.1, 0.15) is 5.75 Å². The fourth-order valence-electron chi connectivity index (χ4n) is 2.25. The first-order valence-electron chi connectivity index (χ1n) is 7.85. The molecule has 150 valence electrons. The Kier molecular flexibility index (Phi) is 7.05. The van der Waals surface area contributed by atoms with E-state index in [2.05, 4.69) is 15.8 Å². The van der Waals surface area contributed by atoms with Crippen molar-refractivity contribution in [1.29, 1.82) is 0 Å². The highest BCUT2D eigenvalue weighted by Crippen LogP contribution is 2.34. The number of hydrogen-bond donors (Lipinski definition) is 2. The molecule has 0 saturated carbocycles. The van der Waals surface area contributed by atoms with Crippen molar-refractivity contribution in [3.8, 4) is 17.2 Å². The van der Waals surface area contributed by atoms with Crippen LogP contribution in [0.1, 0.15) is 11.1 Å². The average Bonchev–Trinajstić information content (AvgIpc) is 2.67. The third kappa shape index (κ3) is 5.49. The molecular weight excluding hydrogens is 395 g/mol.